The summed E-state index contributed by atoms with van der Waals surface area (Å²) in [5.74, 6) is -0.152. The molecule has 0 bridgehead atoms. The summed E-state index contributed by atoms with van der Waals surface area (Å²) in [6.45, 7) is 0.434. The minimum Gasteiger partial charge on any atom is -0.492 e. The summed E-state index contributed by atoms with van der Waals surface area (Å²) in [7, 11) is 0. The molecular weight excluding hydrogens is 340 g/mol. The Hall–Kier alpha value is -3.68. The highest BCUT2D eigenvalue weighted by atomic mass is 16.6. The summed E-state index contributed by atoms with van der Waals surface area (Å²) in [5, 5.41) is 13.8. The Morgan fingerprint density at radius 1 is 1.15 bits per heavy atom. The summed E-state index contributed by atoms with van der Waals surface area (Å²) < 4.78 is 10.4. The van der Waals surface area contributed by atoms with Gasteiger partial charge in [0.05, 0.1) is 16.9 Å². The van der Waals surface area contributed by atoms with Crippen LogP contribution in [0.2, 0.25) is 0 Å². The molecule has 0 radical (unpaired) electrons. The highest BCUT2D eigenvalue weighted by Gasteiger charge is 2.14. The van der Waals surface area contributed by atoms with Crippen LogP contribution in [0.15, 0.2) is 63.8 Å². The number of nitrogens with one attached hydrogen (secondary N) is 1. The van der Waals surface area contributed by atoms with Crippen LogP contribution >= 0.6 is 0 Å². The maximum atomic E-state index is 12.1. The fourth-order valence-corrected chi connectivity index (χ4v) is 2.34. The van der Waals surface area contributed by atoms with Crippen molar-refractivity contribution < 1.29 is 18.9 Å². The predicted molar refractivity (Wildman–Crippen MR) is 93.4 cm³/mol. The number of rotatable bonds is 6. The molecule has 1 aromatic heterocycles. The van der Waals surface area contributed by atoms with Crippen molar-refractivity contribution >= 4 is 22.4 Å². The van der Waals surface area contributed by atoms with Crippen LogP contribution in [-0.2, 0) is 0 Å². The molecule has 1 amide bonds. The minimum atomic E-state index is -0.733. The molecule has 0 unspecified atom stereocenters. The van der Waals surface area contributed by atoms with Crippen LogP contribution < -0.4 is 15.7 Å². The number of hydrogen-bond acceptors (Lipinski definition) is 6. The van der Waals surface area contributed by atoms with E-state index in [2.05, 4.69) is 5.32 Å². The lowest BCUT2D eigenvalue weighted by Crippen LogP contribution is -2.28. The Labute approximate surface area is 147 Å². The monoisotopic (exact) mass is 354 g/mol. The molecule has 8 nitrogen and oxygen atoms in total. The van der Waals surface area contributed by atoms with Gasteiger partial charge in [0.25, 0.3) is 11.6 Å². The standard InChI is InChI=1S/C18H14N2O6/c21-17(19-8-9-25-14-4-2-1-3-5-14)16-11-12-10-13(20(23)24)6-7-15(12)18(22)26-16/h1-7,10-11H,8-9H2,(H,19,21). The number of benzene rings is 2. The van der Waals surface area contributed by atoms with Gasteiger partial charge in [-0.15, -0.1) is 0 Å². The molecule has 0 aliphatic carbocycles. The SMILES string of the molecule is O=C(NCCOc1ccccc1)c1cc2cc([N+](=O)[O-])ccc2c(=O)o1. The molecule has 2 aromatic carbocycles. The highest BCUT2D eigenvalue weighted by Crippen LogP contribution is 2.19. The summed E-state index contributed by atoms with van der Waals surface area (Å²) in [6.07, 6.45) is 0. The van der Waals surface area contributed by atoms with Crippen LogP contribution in [-0.4, -0.2) is 24.0 Å². The Bertz CT molecular complexity index is 1010. The van der Waals surface area contributed by atoms with Crippen molar-refractivity contribution in [3.05, 3.63) is 80.9 Å². The van der Waals surface area contributed by atoms with E-state index in [1.165, 1.54) is 24.3 Å². The predicted octanol–water partition coefficient (Wildman–Crippen LogP) is 2.51. The maximum Gasteiger partial charge on any atom is 0.344 e. The first-order chi connectivity index (χ1) is 12.5. The second kappa shape index (κ2) is 7.47. The van der Waals surface area contributed by atoms with Gasteiger partial charge in [0.2, 0.25) is 0 Å². The Kier molecular flexibility index (Phi) is 4.93. The quantitative estimate of drug-likeness (QED) is 0.413. The van der Waals surface area contributed by atoms with Gasteiger partial charge < -0.3 is 14.5 Å². The van der Waals surface area contributed by atoms with Crippen molar-refractivity contribution in [1.82, 2.24) is 5.32 Å². The number of para-hydroxylation sites is 1. The van der Waals surface area contributed by atoms with E-state index >= 15 is 0 Å². The Balaban J connectivity index is 1.69. The van der Waals surface area contributed by atoms with Gasteiger partial charge in [-0.05, 0) is 29.7 Å². The number of ether oxygens (including phenoxy) is 1. The van der Waals surface area contributed by atoms with Crippen molar-refractivity contribution in [3.8, 4) is 5.75 Å². The molecule has 0 aliphatic heterocycles. The van der Waals surface area contributed by atoms with Gasteiger partial charge in [-0.2, -0.15) is 0 Å². The van der Waals surface area contributed by atoms with Gasteiger partial charge in [0.1, 0.15) is 12.4 Å². The molecule has 3 rings (SSSR count). The van der Waals surface area contributed by atoms with Crippen molar-refractivity contribution in [1.29, 1.82) is 0 Å². The Morgan fingerprint density at radius 3 is 2.65 bits per heavy atom. The van der Waals surface area contributed by atoms with Gasteiger partial charge >= 0.3 is 5.63 Å². The normalized spacial score (nSPS) is 10.5. The van der Waals surface area contributed by atoms with Crippen molar-refractivity contribution in [2.45, 2.75) is 0 Å². The van der Waals surface area contributed by atoms with Crippen LogP contribution in [0.5, 0.6) is 5.75 Å². The third kappa shape index (κ3) is 3.86. The molecule has 8 heteroatoms. The lowest BCUT2D eigenvalue weighted by Gasteiger charge is -2.07. The van der Waals surface area contributed by atoms with E-state index in [1.54, 1.807) is 12.1 Å². The average molecular weight is 354 g/mol. The first kappa shape index (κ1) is 17.2. The third-order valence-electron chi connectivity index (χ3n) is 3.58. The number of nitro benzene ring substituents is 1. The summed E-state index contributed by atoms with van der Waals surface area (Å²) in [5.41, 5.74) is -0.909. The molecule has 1 heterocycles. The van der Waals surface area contributed by atoms with Gasteiger partial charge in [-0.1, -0.05) is 18.2 Å². The van der Waals surface area contributed by atoms with E-state index in [0.29, 0.717) is 5.75 Å². The largest absolute Gasteiger partial charge is 0.492 e. The van der Waals surface area contributed by atoms with Gasteiger partial charge in [0, 0.05) is 12.1 Å². The second-order valence-corrected chi connectivity index (χ2v) is 5.34. The number of amides is 1. The molecule has 0 saturated carbocycles. The van der Waals surface area contributed by atoms with Crippen LogP contribution in [0.25, 0.3) is 10.8 Å². The third-order valence-corrected chi connectivity index (χ3v) is 3.58. The maximum absolute atomic E-state index is 12.1. The zero-order chi connectivity index (χ0) is 18.5. The molecule has 3 aromatic rings. The van der Waals surface area contributed by atoms with E-state index in [4.69, 9.17) is 9.15 Å². The molecule has 0 atom stereocenters. The molecule has 0 aliphatic rings. The molecular formula is C18H14N2O6. The number of carbonyl (C=O) groups is 1. The topological polar surface area (TPSA) is 112 Å². The molecule has 26 heavy (non-hydrogen) atoms. The highest BCUT2D eigenvalue weighted by molar-refractivity contribution is 5.95. The first-order valence-electron chi connectivity index (χ1n) is 7.73. The zero-order valence-electron chi connectivity index (χ0n) is 13.5. The molecule has 0 spiro atoms. The number of fused-ring (bicyclic) bond motifs is 1. The van der Waals surface area contributed by atoms with Gasteiger partial charge in [0.15, 0.2) is 5.76 Å². The fraction of sp³-hybridized carbons (Fsp3) is 0.111. The smallest absolute Gasteiger partial charge is 0.344 e. The number of nitrogens with zero attached hydrogens (tertiary/aromatic N) is 1. The fourth-order valence-electron chi connectivity index (χ4n) is 2.34. The molecule has 132 valence electrons. The summed E-state index contributed by atoms with van der Waals surface area (Å²) in [6, 6.07) is 14.1. The van der Waals surface area contributed by atoms with Crippen molar-refractivity contribution in [3.63, 3.8) is 0 Å². The summed E-state index contributed by atoms with van der Waals surface area (Å²) in [4.78, 5) is 34.4. The van der Waals surface area contributed by atoms with E-state index in [1.807, 2.05) is 18.2 Å². The van der Waals surface area contributed by atoms with Crippen molar-refractivity contribution in [2.75, 3.05) is 13.2 Å². The first-order valence-corrected chi connectivity index (χ1v) is 7.73. The van der Waals surface area contributed by atoms with E-state index in [9.17, 15) is 19.7 Å². The Morgan fingerprint density at radius 2 is 1.92 bits per heavy atom. The van der Waals surface area contributed by atoms with Crippen LogP contribution in [0, 0.1) is 10.1 Å². The molecule has 0 fully saturated rings. The van der Waals surface area contributed by atoms with Gasteiger partial charge in [-0.3, -0.25) is 14.9 Å². The lowest BCUT2D eigenvalue weighted by molar-refractivity contribution is -0.384. The van der Waals surface area contributed by atoms with Crippen LogP contribution in [0.4, 0.5) is 5.69 Å². The average Bonchev–Trinajstić information content (AvgIpc) is 2.65. The number of hydrogen-bond donors (Lipinski definition) is 1. The van der Waals surface area contributed by atoms with Crippen molar-refractivity contribution in [2.24, 2.45) is 0 Å². The molecule has 0 saturated heterocycles. The lowest BCUT2D eigenvalue weighted by atomic mass is 10.1. The van der Waals surface area contributed by atoms with E-state index < -0.39 is 16.5 Å². The number of non-ortho nitro benzene ring substituents is 1. The number of nitro groups is 1. The molecule has 1 N–H and O–H groups in total. The van der Waals surface area contributed by atoms with Crippen LogP contribution in [0.3, 0.4) is 0 Å². The van der Waals surface area contributed by atoms with Crippen LogP contribution in [0.1, 0.15) is 10.6 Å². The number of carbonyl (C=O) groups excluding carboxylic acids is 1. The zero-order valence-corrected chi connectivity index (χ0v) is 13.5. The van der Waals surface area contributed by atoms with E-state index in [-0.39, 0.29) is 35.4 Å². The van der Waals surface area contributed by atoms with E-state index in [0.717, 1.165) is 0 Å². The second-order valence-electron chi connectivity index (χ2n) is 5.34. The minimum absolute atomic E-state index is 0.166. The van der Waals surface area contributed by atoms with Gasteiger partial charge in [-0.25, -0.2) is 4.79 Å². The summed E-state index contributed by atoms with van der Waals surface area (Å²) >= 11 is 0.